The van der Waals surface area contributed by atoms with Crippen LogP contribution in [0.2, 0.25) is 0 Å². The minimum absolute atomic E-state index is 0.0298. The number of amides is 1. The molecular weight excluding hydrogens is 784 g/mol. The summed E-state index contributed by atoms with van der Waals surface area (Å²) in [6, 6.07) is -0.899. The molecule has 0 bridgehead atoms. The van der Waals surface area contributed by atoms with Crippen LogP contribution in [0.3, 0.4) is 0 Å². The molecule has 0 aliphatic heterocycles. The van der Waals surface area contributed by atoms with Crippen molar-refractivity contribution in [3.63, 3.8) is 0 Å². The first-order valence-corrected chi connectivity index (χ1v) is 26.1. The second-order valence-electron chi connectivity index (χ2n) is 17.6. The SMILES string of the molecule is CC/C=C/C=C/C=C\CCCCCCCC(=O)NC(COP(=O)([O-])OCC[N+](C)(C)C)C(/C=C/CCCCCCCCCCC)OC(=O)CCCCCCC/C=C\CCCC. The van der Waals surface area contributed by atoms with Crippen LogP contribution >= 0.6 is 7.82 Å². The Morgan fingerprint density at radius 3 is 1.66 bits per heavy atom. The van der Waals surface area contributed by atoms with Gasteiger partial charge >= 0.3 is 5.97 Å². The summed E-state index contributed by atoms with van der Waals surface area (Å²) in [4.78, 5) is 39.5. The van der Waals surface area contributed by atoms with E-state index in [4.69, 9.17) is 13.8 Å². The van der Waals surface area contributed by atoms with E-state index >= 15 is 0 Å². The van der Waals surface area contributed by atoms with Crippen molar-refractivity contribution in [2.45, 2.75) is 213 Å². The number of rotatable bonds is 43. The Kier molecular flexibility index (Phi) is 40.1. The van der Waals surface area contributed by atoms with Crippen LogP contribution in [0.15, 0.2) is 60.8 Å². The number of ether oxygens (including phenoxy) is 1. The van der Waals surface area contributed by atoms with Crippen molar-refractivity contribution in [1.29, 1.82) is 0 Å². The van der Waals surface area contributed by atoms with E-state index in [1.54, 1.807) is 0 Å². The molecule has 0 radical (unpaired) electrons. The molecule has 0 aromatic rings. The highest BCUT2D eigenvalue weighted by atomic mass is 31.2. The van der Waals surface area contributed by atoms with Crippen molar-refractivity contribution < 1.29 is 37.3 Å². The average molecular weight is 877 g/mol. The molecule has 0 aliphatic carbocycles. The highest BCUT2D eigenvalue weighted by Crippen LogP contribution is 2.38. The van der Waals surface area contributed by atoms with E-state index in [-0.39, 0.29) is 24.9 Å². The molecule has 0 saturated carbocycles. The summed E-state index contributed by atoms with van der Waals surface area (Å²) in [6.45, 7) is 6.61. The Bertz CT molecular complexity index is 1240. The standard InChI is InChI=1S/C51H93N2O7P/c1-7-10-13-16-19-22-25-26-29-31-34-37-40-43-50(54)52-48(47-59-61(56,57)58-46-45-53(4,5)6)49(42-39-36-33-30-27-23-20-17-14-11-8-2)60-51(55)44-41-38-35-32-28-24-21-18-15-12-9-3/h10,13,16,18-19,21-22,25,39,42,48-49H,7-9,11-12,14-15,17,20,23-24,26-38,40-41,43-47H2,1-6H3,(H-,52,54,56,57)/b13-10+,19-16+,21-18-,25-22-,42-39+. The van der Waals surface area contributed by atoms with Gasteiger partial charge in [0.1, 0.15) is 19.3 Å². The van der Waals surface area contributed by atoms with Crippen molar-refractivity contribution in [2.75, 3.05) is 40.9 Å². The van der Waals surface area contributed by atoms with Crippen LogP contribution in [0.1, 0.15) is 201 Å². The number of carbonyl (C=O) groups is 2. The molecule has 1 amide bonds. The minimum atomic E-state index is -4.69. The van der Waals surface area contributed by atoms with E-state index in [9.17, 15) is 19.0 Å². The number of likely N-dealkylation sites (N-methyl/N-ethyl adjacent to an activating group) is 1. The molecule has 61 heavy (non-hydrogen) atoms. The van der Waals surface area contributed by atoms with Crippen molar-refractivity contribution in [2.24, 2.45) is 0 Å². The molecule has 1 N–H and O–H groups in total. The van der Waals surface area contributed by atoms with E-state index in [0.29, 0.717) is 30.3 Å². The molecule has 0 aromatic carbocycles. The van der Waals surface area contributed by atoms with Crippen LogP contribution in [0.25, 0.3) is 0 Å². The number of hydrogen-bond acceptors (Lipinski definition) is 7. The third-order valence-electron chi connectivity index (χ3n) is 10.5. The van der Waals surface area contributed by atoms with Crippen LogP contribution in [-0.2, 0) is 27.9 Å². The van der Waals surface area contributed by atoms with Crippen molar-refractivity contribution in [3.05, 3.63) is 60.8 Å². The molecule has 9 nitrogen and oxygen atoms in total. The van der Waals surface area contributed by atoms with Crippen LogP contribution in [0.5, 0.6) is 0 Å². The Morgan fingerprint density at radius 1 is 0.590 bits per heavy atom. The third-order valence-corrected chi connectivity index (χ3v) is 11.5. The smallest absolute Gasteiger partial charge is 0.306 e. The molecule has 354 valence electrons. The second kappa shape index (κ2) is 41.7. The Labute approximate surface area is 375 Å². The van der Waals surface area contributed by atoms with Gasteiger partial charge in [-0.05, 0) is 70.3 Å². The summed E-state index contributed by atoms with van der Waals surface area (Å²) < 4.78 is 30.0. The van der Waals surface area contributed by atoms with Gasteiger partial charge in [-0.15, -0.1) is 0 Å². The molecule has 3 atom stereocenters. The van der Waals surface area contributed by atoms with Crippen molar-refractivity contribution >= 4 is 19.7 Å². The lowest BCUT2D eigenvalue weighted by Gasteiger charge is -2.30. The van der Waals surface area contributed by atoms with E-state index in [1.165, 1.54) is 57.8 Å². The highest BCUT2D eigenvalue weighted by molar-refractivity contribution is 7.45. The zero-order valence-electron chi connectivity index (χ0n) is 40.1. The average Bonchev–Trinajstić information content (AvgIpc) is 3.21. The Morgan fingerprint density at radius 2 is 1.08 bits per heavy atom. The van der Waals surface area contributed by atoms with Gasteiger partial charge < -0.3 is 28.5 Å². The first-order chi connectivity index (χ1) is 29.4. The van der Waals surface area contributed by atoms with Crippen molar-refractivity contribution in [1.82, 2.24) is 5.32 Å². The number of phosphoric acid groups is 1. The summed E-state index contributed by atoms with van der Waals surface area (Å²) in [5.41, 5.74) is 0. The van der Waals surface area contributed by atoms with Gasteiger partial charge in [-0.3, -0.25) is 14.2 Å². The molecule has 0 heterocycles. The summed E-state index contributed by atoms with van der Waals surface area (Å²) in [7, 11) is 1.16. The van der Waals surface area contributed by atoms with Gasteiger partial charge in [0, 0.05) is 12.8 Å². The van der Waals surface area contributed by atoms with Crippen LogP contribution in [0, 0.1) is 0 Å². The van der Waals surface area contributed by atoms with Crippen LogP contribution in [-0.4, -0.2) is 69.4 Å². The van der Waals surface area contributed by atoms with Crippen LogP contribution in [0.4, 0.5) is 0 Å². The monoisotopic (exact) mass is 877 g/mol. The maximum Gasteiger partial charge on any atom is 0.306 e. The molecule has 3 unspecified atom stereocenters. The number of hydrogen-bond donors (Lipinski definition) is 1. The number of quaternary nitrogens is 1. The quantitative estimate of drug-likeness (QED) is 0.0162. The highest BCUT2D eigenvalue weighted by Gasteiger charge is 2.27. The van der Waals surface area contributed by atoms with Gasteiger partial charge in [-0.2, -0.15) is 0 Å². The largest absolute Gasteiger partial charge is 0.756 e. The van der Waals surface area contributed by atoms with Crippen LogP contribution < -0.4 is 10.2 Å². The van der Waals surface area contributed by atoms with Gasteiger partial charge in [0.2, 0.25) is 5.91 Å². The molecule has 0 saturated heterocycles. The first-order valence-electron chi connectivity index (χ1n) is 24.6. The normalized spacial score (nSPS) is 14.5. The number of allylic oxidation sites excluding steroid dienone is 9. The predicted molar refractivity (Wildman–Crippen MR) is 256 cm³/mol. The minimum Gasteiger partial charge on any atom is -0.756 e. The van der Waals surface area contributed by atoms with Gasteiger partial charge in [-0.1, -0.05) is 178 Å². The number of esters is 1. The fraction of sp³-hybridized carbons (Fsp3) is 0.765. The second-order valence-corrected chi connectivity index (χ2v) is 19.1. The molecule has 0 fully saturated rings. The van der Waals surface area contributed by atoms with Crippen molar-refractivity contribution in [3.8, 4) is 0 Å². The van der Waals surface area contributed by atoms with Gasteiger partial charge in [-0.25, -0.2) is 0 Å². The zero-order valence-corrected chi connectivity index (χ0v) is 41.0. The van der Waals surface area contributed by atoms with Gasteiger partial charge in [0.15, 0.2) is 0 Å². The number of nitrogens with one attached hydrogen (secondary N) is 1. The number of phosphoric ester groups is 1. The summed E-state index contributed by atoms with van der Waals surface area (Å²) in [5.74, 6) is -0.583. The topological polar surface area (TPSA) is 114 Å². The summed E-state index contributed by atoms with van der Waals surface area (Å²) in [6.07, 6.45) is 49.0. The lowest BCUT2D eigenvalue weighted by molar-refractivity contribution is -0.870. The molecule has 0 rings (SSSR count). The molecule has 10 heteroatoms. The van der Waals surface area contributed by atoms with Gasteiger partial charge in [0.25, 0.3) is 7.82 Å². The maximum atomic E-state index is 13.4. The lowest BCUT2D eigenvalue weighted by Crippen LogP contribution is -2.47. The number of unbranched alkanes of at least 4 members (excludes halogenated alkanes) is 21. The first kappa shape index (κ1) is 58.7. The molecule has 0 spiro atoms. The summed E-state index contributed by atoms with van der Waals surface area (Å²) in [5, 5.41) is 2.98. The van der Waals surface area contributed by atoms with E-state index in [0.717, 1.165) is 96.3 Å². The number of carbonyl (C=O) groups excluding carboxylic acids is 2. The van der Waals surface area contributed by atoms with E-state index in [2.05, 4.69) is 68.6 Å². The third kappa shape index (κ3) is 42.8. The zero-order chi connectivity index (χ0) is 45.1. The molecular formula is C51H93N2O7P. The van der Waals surface area contributed by atoms with E-state index < -0.39 is 26.6 Å². The molecule has 0 aliphatic rings. The predicted octanol–water partition coefficient (Wildman–Crippen LogP) is 13.4. The van der Waals surface area contributed by atoms with Gasteiger partial charge in [0.05, 0.1) is 33.8 Å². The fourth-order valence-electron chi connectivity index (χ4n) is 6.62. The number of nitrogens with zero attached hydrogens (tertiary/aromatic N) is 1. The Balaban J connectivity index is 5.51. The Hall–Kier alpha value is -2.29. The maximum absolute atomic E-state index is 13.4. The summed E-state index contributed by atoms with van der Waals surface area (Å²) >= 11 is 0. The fourth-order valence-corrected chi connectivity index (χ4v) is 7.34. The van der Waals surface area contributed by atoms with E-state index in [1.807, 2.05) is 39.4 Å². The molecule has 0 aromatic heterocycles. The lowest BCUT2D eigenvalue weighted by atomic mass is 10.1.